The van der Waals surface area contributed by atoms with Crippen LogP contribution in [0.3, 0.4) is 0 Å². The zero-order valence-electron chi connectivity index (χ0n) is 9.93. The Morgan fingerprint density at radius 1 is 1.47 bits per heavy atom. The van der Waals surface area contributed by atoms with Gasteiger partial charge in [-0.1, -0.05) is 0 Å². The molecule has 1 saturated heterocycles. The van der Waals surface area contributed by atoms with E-state index < -0.39 is 16.1 Å². The molecule has 1 aromatic carbocycles. The van der Waals surface area contributed by atoms with Crippen LogP contribution in [0.25, 0.3) is 0 Å². The summed E-state index contributed by atoms with van der Waals surface area (Å²) in [6, 6.07) is 4.17. The molecule has 0 radical (unpaired) electrons. The first-order valence-corrected chi connectivity index (χ1v) is 7.96. The van der Waals surface area contributed by atoms with Crippen molar-refractivity contribution in [2.45, 2.75) is 23.8 Å². The van der Waals surface area contributed by atoms with E-state index in [1.54, 1.807) is 0 Å². The minimum Gasteiger partial charge on any atom is -0.368 e. The standard InChI is InChI=1S/C11H13BrN2O4S/c12-8-6-7(19(13,16)17)3-4-9(8)14-11(15)10-2-1-5-18-10/h3-4,6,10H,1-2,5H2,(H,14,15)(H2,13,16,17). The van der Waals surface area contributed by atoms with Crippen molar-refractivity contribution in [2.75, 3.05) is 11.9 Å². The fourth-order valence-corrected chi connectivity index (χ4v) is 2.94. The first-order chi connectivity index (χ1) is 8.88. The SMILES string of the molecule is NS(=O)(=O)c1ccc(NC(=O)C2CCCO2)c(Br)c1. The molecule has 1 fully saturated rings. The smallest absolute Gasteiger partial charge is 0.253 e. The third-order valence-corrected chi connectivity index (χ3v) is 4.32. The molecule has 1 heterocycles. The maximum Gasteiger partial charge on any atom is 0.253 e. The number of carbonyl (C=O) groups excluding carboxylic acids is 1. The van der Waals surface area contributed by atoms with Crippen molar-refractivity contribution in [1.82, 2.24) is 0 Å². The minimum absolute atomic E-state index is 0.0190. The van der Waals surface area contributed by atoms with Crippen molar-refractivity contribution in [3.63, 3.8) is 0 Å². The maximum atomic E-state index is 11.8. The summed E-state index contributed by atoms with van der Waals surface area (Å²) >= 11 is 3.20. The number of nitrogens with one attached hydrogen (secondary N) is 1. The summed E-state index contributed by atoms with van der Waals surface area (Å²) in [7, 11) is -3.75. The molecule has 1 amide bonds. The van der Waals surface area contributed by atoms with E-state index in [-0.39, 0.29) is 10.8 Å². The summed E-state index contributed by atoms with van der Waals surface area (Å²) in [6.45, 7) is 0.587. The van der Waals surface area contributed by atoms with E-state index in [9.17, 15) is 13.2 Å². The Hall–Kier alpha value is -0.960. The van der Waals surface area contributed by atoms with Crippen LogP contribution in [-0.4, -0.2) is 27.0 Å². The summed E-state index contributed by atoms with van der Waals surface area (Å²) in [6.07, 6.45) is 1.12. The van der Waals surface area contributed by atoms with E-state index in [4.69, 9.17) is 9.88 Å². The van der Waals surface area contributed by atoms with E-state index >= 15 is 0 Å². The Morgan fingerprint density at radius 3 is 2.74 bits per heavy atom. The van der Waals surface area contributed by atoms with Gasteiger partial charge in [-0.05, 0) is 47.0 Å². The predicted octanol–water partition coefficient (Wildman–Crippen LogP) is 1.21. The molecule has 1 unspecified atom stereocenters. The Labute approximate surface area is 119 Å². The van der Waals surface area contributed by atoms with Gasteiger partial charge in [-0.2, -0.15) is 0 Å². The second-order valence-electron chi connectivity index (χ2n) is 4.18. The Kier molecular flexibility index (Phi) is 4.24. The number of amides is 1. The number of carbonyl (C=O) groups is 1. The van der Waals surface area contributed by atoms with Gasteiger partial charge in [-0.3, -0.25) is 4.79 Å². The van der Waals surface area contributed by atoms with Crippen molar-refractivity contribution in [2.24, 2.45) is 5.14 Å². The number of hydrogen-bond donors (Lipinski definition) is 2. The molecule has 3 N–H and O–H groups in total. The molecule has 104 valence electrons. The number of ether oxygens (including phenoxy) is 1. The molecule has 2 rings (SSSR count). The van der Waals surface area contributed by atoms with Crippen LogP contribution in [0.15, 0.2) is 27.6 Å². The van der Waals surface area contributed by atoms with Crippen LogP contribution in [-0.2, 0) is 19.6 Å². The minimum atomic E-state index is -3.75. The van der Waals surface area contributed by atoms with Crippen molar-refractivity contribution in [1.29, 1.82) is 0 Å². The van der Waals surface area contributed by atoms with Gasteiger partial charge in [0, 0.05) is 11.1 Å². The topological polar surface area (TPSA) is 98.5 Å². The number of nitrogens with two attached hydrogens (primary N) is 1. The summed E-state index contributed by atoms with van der Waals surface area (Å²) in [4.78, 5) is 11.8. The Morgan fingerprint density at radius 2 is 2.21 bits per heavy atom. The van der Waals surface area contributed by atoms with Gasteiger partial charge in [0.15, 0.2) is 0 Å². The highest BCUT2D eigenvalue weighted by Crippen LogP contribution is 2.26. The largest absolute Gasteiger partial charge is 0.368 e. The van der Waals surface area contributed by atoms with Crippen LogP contribution in [0.5, 0.6) is 0 Å². The molecular weight excluding hydrogens is 336 g/mol. The summed E-state index contributed by atoms with van der Waals surface area (Å²) in [5.74, 6) is -0.235. The van der Waals surface area contributed by atoms with Gasteiger partial charge in [0.2, 0.25) is 10.0 Å². The lowest BCUT2D eigenvalue weighted by Crippen LogP contribution is -2.27. The predicted molar refractivity (Wildman–Crippen MR) is 73.1 cm³/mol. The fraction of sp³-hybridized carbons (Fsp3) is 0.364. The fourth-order valence-electron chi connectivity index (χ4n) is 1.77. The first-order valence-electron chi connectivity index (χ1n) is 5.63. The Bertz CT molecular complexity index is 597. The van der Waals surface area contributed by atoms with Gasteiger partial charge < -0.3 is 10.1 Å². The second-order valence-corrected chi connectivity index (χ2v) is 6.59. The van der Waals surface area contributed by atoms with E-state index in [0.717, 1.165) is 6.42 Å². The van der Waals surface area contributed by atoms with E-state index in [1.807, 2.05) is 0 Å². The average molecular weight is 349 g/mol. The number of anilines is 1. The Balaban J connectivity index is 2.15. The number of halogens is 1. The number of sulfonamides is 1. The lowest BCUT2D eigenvalue weighted by molar-refractivity contribution is -0.124. The second kappa shape index (κ2) is 5.58. The normalized spacial score (nSPS) is 19.4. The summed E-state index contributed by atoms with van der Waals surface area (Å²) in [5.41, 5.74) is 0.480. The molecule has 0 aromatic heterocycles. The third-order valence-electron chi connectivity index (χ3n) is 2.75. The molecule has 1 aliphatic heterocycles. The van der Waals surface area contributed by atoms with Gasteiger partial charge in [-0.15, -0.1) is 0 Å². The molecule has 1 aromatic rings. The molecule has 0 aliphatic carbocycles. The first kappa shape index (κ1) is 14.4. The van der Waals surface area contributed by atoms with Crippen molar-refractivity contribution in [3.05, 3.63) is 22.7 Å². The van der Waals surface area contributed by atoms with Gasteiger partial charge in [-0.25, -0.2) is 13.6 Å². The van der Waals surface area contributed by atoms with Crippen LogP contribution in [0, 0.1) is 0 Å². The van der Waals surface area contributed by atoms with Crippen LogP contribution >= 0.6 is 15.9 Å². The third kappa shape index (κ3) is 3.53. The van der Waals surface area contributed by atoms with Crippen LogP contribution in [0.4, 0.5) is 5.69 Å². The van der Waals surface area contributed by atoms with Gasteiger partial charge >= 0.3 is 0 Å². The number of rotatable bonds is 3. The molecule has 19 heavy (non-hydrogen) atoms. The molecule has 8 heteroatoms. The molecule has 0 bridgehead atoms. The molecule has 1 aliphatic rings. The molecule has 6 nitrogen and oxygen atoms in total. The van der Waals surface area contributed by atoms with E-state index in [1.165, 1.54) is 18.2 Å². The quantitative estimate of drug-likeness (QED) is 0.857. The summed E-state index contributed by atoms with van der Waals surface area (Å²) < 4.78 is 28.1. The van der Waals surface area contributed by atoms with Crippen molar-refractivity contribution < 1.29 is 17.9 Å². The van der Waals surface area contributed by atoms with Crippen LogP contribution in [0.2, 0.25) is 0 Å². The molecule has 1 atom stereocenters. The average Bonchev–Trinajstić information content (AvgIpc) is 2.84. The highest BCUT2D eigenvalue weighted by atomic mass is 79.9. The van der Waals surface area contributed by atoms with Crippen molar-refractivity contribution in [3.8, 4) is 0 Å². The van der Waals surface area contributed by atoms with E-state index in [0.29, 0.717) is 23.2 Å². The highest BCUT2D eigenvalue weighted by Gasteiger charge is 2.24. The number of benzene rings is 1. The zero-order valence-corrected chi connectivity index (χ0v) is 12.3. The maximum absolute atomic E-state index is 11.8. The molecule has 0 saturated carbocycles. The van der Waals surface area contributed by atoms with Gasteiger partial charge in [0.1, 0.15) is 6.10 Å². The summed E-state index contributed by atoms with van der Waals surface area (Å²) in [5, 5.41) is 7.70. The van der Waals surface area contributed by atoms with Crippen LogP contribution < -0.4 is 10.5 Å². The molecule has 0 spiro atoms. The highest BCUT2D eigenvalue weighted by molar-refractivity contribution is 9.10. The monoisotopic (exact) mass is 348 g/mol. The van der Waals surface area contributed by atoms with Crippen LogP contribution in [0.1, 0.15) is 12.8 Å². The number of hydrogen-bond acceptors (Lipinski definition) is 4. The van der Waals surface area contributed by atoms with Crippen molar-refractivity contribution >= 4 is 37.5 Å². The zero-order chi connectivity index (χ0) is 14.0. The van der Waals surface area contributed by atoms with Gasteiger partial charge in [0.05, 0.1) is 10.6 Å². The van der Waals surface area contributed by atoms with Gasteiger partial charge in [0.25, 0.3) is 5.91 Å². The lowest BCUT2D eigenvalue weighted by Gasteiger charge is -2.12. The lowest BCUT2D eigenvalue weighted by atomic mass is 10.2. The number of primary sulfonamides is 1. The van der Waals surface area contributed by atoms with E-state index in [2.05, 4.69) is 21.2 Å². The molecular formula is C11H13BrN2O4S.